The normalized spacial score (nSPS) is 11.2. The van der Waals surface area contributed by atoms with Gasteiger partial charge in [-0.2, -0.15) is 0 Å². The predicted molar refractivity (Wildman–Crippen MR) is 79.3 cm³/mol. The third-order valence-electron chi connectivity index (χ3n) is 2.20. The maximum Gasteiger partial charge on any atom is 0.262 e. The van der Waals surface area contributed by atoms with Crippen LogP contribution in [0.3, 0.4) is 0 Å². The zero-order valence-corrected chi connectivity index (χ0v) is 13.9. The monoisotopic (exact) mass is 272 g/mol. The molecule has 106 valence electrons. The van der Waals surface area contributed by atoms with Crippen LogP contribution in [0.15, 0.2) is 23.3 Å². The number of allylic oxidation sites excluding steroid dienone is 2. The van der Waals surface area contributed by atoms with Crippen LogP contribution in [0.1, 0.15) is 41.0 Å². The van der Waals surface area contributed by atoms with Gasteiger partial charge in [0, 0.05) is 0 Å². The van der Waals surface area contributed by atoms with Gasteiger partial charge in [-0.25, -0.2) is 0 Å². The first-order valence-electron chi connectivity index (χ1n) is 6.67. The first-order chi connectivity index (χ1) is 8.56. The van der Waals surface area contributed by atoms with Crippen LogP contribution in [0, 0.1) is 0 Å². The first-order valence-corrected chi connectivity index (χ1v) is 8.25. The summed E-state index contributed by atoms with van der Waals surface area (Å²) in [7, 11) is -0.522. The molecule has 0 fully saturated rings. The van der Waals surface area contributed by atoms with Crippen molar-refractivity contribution in [3.8, 4) is 0 Å². The van der Waals surface area contributed by atoms with E-state index in [1.807, 2.05) is 12.2 Å². The van der Waals surface area contributed by atoms with Crippen molar-refractivity contribution >= 4 is 9.76 Å². The van der Waals surface area contributed by atoms with Crippen LogP contribution in [0.25, 0.3) is 0 Å². The van der Waals surface area contributed by atoms with Crippen LogP contribution in [-0.2, 0) is 13.9 Å². The topological polar surface area (TPSA) is 27.7 Å². The molecule has 18 heavy (non-hydrogen) atoms. The minimum atomic E-state index is -0.522. The number of rotatable bonds is 10. The van der Waals surface area contributed by atoms with Gasteiger partial charge in [-0.05, 0) is 33.7 Å². The lowest BCUT2D eigenvalue weighted by Crippen LogP contribution is -2.23. The molecule has 0 aromatic rings. The lowest BCUT2D eigenvalue weighted by molar-refractivity contribution is -0.237. The molecule has 0 aliphatic heterocycles. The fourth-order valence-electron chi connectivity index (χ4n) is 1.05. The molecule has 0 atom stereocenters. The molecule has 0 saturated carbocycles. The molecule has 0 aliphatic carbocycles. The summed E-state index contributed by atoms with van der Waals surface area (Å²) in [6, 6.07) is 1.16. The Morgan fingerprint density at radius 1 is 1.00 bits per heavy atom. The Kier molecular flexibility index (Phi) is 11.4. The molecule has 0 saturated heterocycles. The van der Waals surface area contributed by atoms with Crippen molar-refractivity contribution in [2.45, 2.75) is 53.6 Å². The molecule has 0 N–H and O–H groups in total. The quantitative estimate of drug-likeness (QED) is 0.265. The summed E-state index contributed by atoms with van der Waals surface area (Å²) in [4.78, 5) is 0. The fourth-order valence-corrected chi connectivity index (χ4v) is 1.90. The molecule has 0 spiro atoms. The lowest BCUT2D eigenvalue weighted by atomic mass is 10.3. The van der Waals surface area contributed by atoms with Gasteiger partial charge in [0.05, 0.1) is 13.2 Å². The predicted octanol–water partition coefficient (Wildman–Crippen LogP) is 3.16. The Balaban J connectivity index is 3.98. The van der Waals surface area contributed by atoms with Gasteiger partial charge in [-0.3, -0.25) is 0 Å². The van der Waals surface area contributed by atoms with Crippen molar-refractivity contribution in [1.82, 2.24) is 0 Å². The number of ether oxygens (including phenoxy) is 2. The first kappa shape index (κ1) is 17.6. The van der Waals surface area contributed by atoms with Crippen LogP contribution in [0.5, 0.6) is 0 Å². The van der Waals surface area contributed by atoms with Gasteiger partial charge in [0.2, 0.25) is 0 Å². The molecule has 3 nitrogen and oxygen atoms in total. The second-order valence-corrected chi connectivity index (χ2v) is 6.19. The van der Waals surface area contributed by atoms with Crippen LogP contribution < -0.4 is 0 Å². The molecule has 0 unspecified atom stereocenters. The van der Waals surface area contributed by atoms with E-state index in [1.54, 1.807) is 0 Å². The molecular weight excluding hydrogens is 244 g/mol. The molecule has 0 aromatic heterocycles. The Hall–Kier alpha value is -0.423. The third kappa shape index (κ3) is 12.0. The zero-order chi connectivity index (χ0) is 13.8. The molecule has 0 amide bonds. The molecule has 0 heterocycles. The standard InChI is InChI=1S/C14H28O3Si/c1-6-11-18-17-14(15-9-7-12(2)3)16-10-8-13(4)5/h7-8,14H,6,9-11,18H2,1-5H3. The molecule has 0 rings (SSSR count). The summed E-state index contributed by atoms with van der Waals surface area (Å²) in [5.41, 5.74) is 2.48. The van der Waals surface area contributed by atoms with E-state index in [4.69, 9.17) is 13.9 Å². The average Bonchev–Trinajstić information content (AvgIpc) is 2.27. The summed E-state index contributed by atoms with van der Waals surface area (Å²) < 4.78 is 16.8. The van der Waals surface area contributed by atoms with E-state index in [2.05, 4.69) is 34.6 Å². The largest absolute Gasteiger partial charge is 0.379 e. The second-order valence-electron chi connectivity index (χ2n) is 4.74. The van der Waals surface area contributed by atoms with Crippen molar-refractivity contribution in [3.05, 3.63) is 23.3 Å². The van der Waals surface area contributed by atoms with Crippen molar-refractivity contribution < 1.29 is 13.9 Å². The highest BCUT2D eigenvalue weighted by Crippen LogP contribution is 2.02. The molecule has 0 aliphatic rings. The summed E-state index contributed by atoms with van der Waals surface area (Å²) in [6.45, 7) is 11.0. The Bertz CT molecular complexity index is 232. The second kappa shape index (κ2) is 11.7. The Morgan fingerprint density at radius 3 is 1.89 bits per heavy atom. The minimum absolute atomic E-state index is 0.505. The third-order valence-corrected chi connectivity index (χ3v) is 3.70. The maximum absolute atomic E-state index is 5.68. The van der Waals surface area contributed by atoms with E-state index >= 15 is 0 Å². The van der Waals surface area contributed by atoms with Crippen LogP contribution in [0.2, 0.25) is 6.04 Å². The summed E-state index contributed by atoms with van der Waals surface area (Å²) in [6.07, 6.45) is 5.23. The van der Waals surface area contributed by atoms with Crippen LogP contribution in [0.4, 0.5) is 0 Å². The van der Waals surface area contributed by atoms with E-state index in [0.717, 1.165) is 6.04 Å². The van der Waals surface area contributed by atoms with Crippen molar-refractivity contribution in [2.24, 2.45) is 0 Å². The molecule has 0 aromatic carbocycles. The Morgan fingerprint density at radius 2 is 1.50 bits per heavy atom. The smallest absolute Gasteiger partial charge is 0.262 e. The van der Waals surface area contributed by atoms with Gasteiger partial charge in [0.15, 0.2) is 9.76 Å². The fraction of sp³-hybridized carbons (Fsp3) is 0.714. The number of hydrogen-bond donors (Lipinski definition) is 0. The van der Waals surface area contributed by atoms with Gasteiger partial charge in [-0.15, -0.1) is 0 Å². The van der Waals surface area contributed by atoms with Crippen molar-refractivity contribution in [3.63, 3.8) is 0 Å². The zero-order valence-electron chi connectivity index (χ0n) is 12.5. The number of hydrogen-bond acceptors (Lipinski definition) is 3. The molecule has 0 radical (unpaired) electrons. The summed E-state index contributed by atoms with van der Waals surface area (Å²) in [5.74, 6) is 0. The van der Waals surface area contributed by atoms with E-state index in [9.17, 15) is 0 Å². The minimum Gasteiger partial charge on any atom is -0.379 e. The van der Waals surface area contributed by atoms with Gasteiger partial charge in [0.25, 0.3) is 6.48 Å². The van der Waals surface area contributed by atoms with Crippen molar-refractivity contribution in [1.29, 1.82) is 0 Å². The van der Waals surface area contributed by atoms with E-state index < -0.39 is 16.2 Å². The molecule has 0 bridgehead atoms. The lowest BCUT2D eigenvalue weighted by Gasteiger charge is -2.17. The van der Waals surface area contributed by atoms with Crippen molar-refractivity contribution in [2.75, 3.05) is 13.2 Å². The van der Waals surface area contributed by atoms with Gasteiger partial charge < -0.3 is 13.9 Å². The van der Waals surface area contributed by atoms with E-state index in [0.29, 0.717) is 13.2 Å². The van der Waals surface area contributed by atoms with E-state index in [-0.39, 0.29) is 0 Å². The van der Waals surface area contributed by atoms with Gasteiger partial charge >= 0.3 is 0 Å². The maximum atomic E-state index is 5.68. The van der Waals surface area contributed by atoms with E-state index in [1.165, 1.54) is 17.6 Å². The van der Waals surface area contributed by atoms with Gasteiger partial charge in [-0.1, -0.05) is 36.6 Å². The molecule has 4 heteroatoms. The highest BCUT2D eigenvalue weighted by atomic mass is 28.2. The van der Waals surface area contributed by atoms with Crippen LogP contribution in [-0.4, -0.2) is 29.5 Å². The van der Waals surface area contributed by atoms with Crippen LogP contribution >= 0.6 is 0 Å². The summed E-state index contributed by atoms with van der Waals surface area (Å²) >= 11 is 0. The SMILES string of the molecule is CCC[SiH2]OC(OCC=C(C)C)OCC=C(C)C. The highest BCUT2D eigenvalue weighted by molar-refractivity contribution is 6.26. The average molecular weight is 272 g/mol. The Labute approximate surface area is 114 Å². The summed E-state index contributed by atoms with van der Waals surface area (Å²) in [5, 5.41) is 0. The molecular formula is C14H28O3Si. The highest BCUT2D eigenvalue weighted by Gasteiger charge is 2.07. The van der Waals surface area contributed by atoms with Gasteiger partial charge in [0.1, 0.15) is 0 Å².